The Morgan fingerprint density at radius 3 is 2.93 bits per heavy atom. The summed E-state index contributed by atoms with van der Waals surface area (Å²) >= 11 is 0. The van der Waals surface area contributed by atoms with E-state index in [-0.39, 0.29) is 17.3 Å². The van der Waals surface area contributed by atoms with Crippen LogP contribution in [0.4, 0.5) is 0 Å². The van der Waals surface area contributed by atoms with E-state index in [1.54, 1.807) is 7.05 Å². The van der Waals surface area contributed by atoms with Crippen molar-refractivity contribution in [2.45, 2.75) is 18.9 Å². The van der Waals surface area contributed by atoms with E-state index in [1.807, 2.05) is 0 Å². The topological polar surface area (TPSA) is 66.9 Å². The molecule has 0 aromatic carbocycles. The van der Waals surface area contributed by atoms with Crippen molar-refractivity contribution in [2.24, 2.45) is 7.05 Å². The molecule has 0 spiro atoms. The zero-order valence-corrected chi connectivity index (χ0v) is 8.04. The smallest absolute Gasteiger partial charge is 0.309 e. The van der Waals surface area contributed by atoms with Gasteiger partial charge < -0.3 is 5.32 Å². The molecule has 1 fully saturated rings. The lowest BCUT2D eigenvalue weighted by molar-refractivity contribution is 0.575. The SMILES string of the molecule is Cn1c(C2CCCN2)cc(=O)[nH]c1=O. The first-order valence-corrected chi connectivity index (χ1v) is 4.72. The second kappa shape index (κ2) is 3.42. The predicted octanol–water partition coefficient (Wildman–Crippen LogP) is -0.502. The van der Waals surface area contributed by atoms with Crippen LogP contribution in [0.15, 0.2) is 15.7 Å². The van der Waals surface area contributed by atoms with E-state index < -0.39 is 0 Å². The first kappa shape index (κ1) is 9.21. The number of hydrogen-bond acceptors (Lipinski definition) is 3. The molecule has 1 aromatic heterocycles. The Hall–Kier alpha value is -1.36. The molecular formula is C9H13N3O2. The Morgan fingerprint density at radius 1 is 1.50 bits per heavy atom. The third kappa shape index (κ3) is 1.50. The van der Waals surface area contributed by atoms with Crippen LogP contribution >= 0.6 is 0 Å². The molecule has 0 radical (unpaired) electrons. The third-order valence-corrected chi connectivity index (χ3v) is 2.62. The van der Waals surface area contributed by atoms with Crippen LogP contribution in [0, 0.1) is 0 Å². The average molecular weight is 195 g/mol. The van der Waals surface area contributed by atoms with Crippen molar-refractivity contribution in [3.63, 3.8) is 0 Å². The molecule has 1 atom stereocenters. The van der Waals surface area contributed by atoms with Gasteiger partial charge in [0, 0.05) is 24.8 Å². The summed E-state index contributed by atoms with van der Waals surface area (Å²) in [6.07, 6.45) is 2.07. The molecule has 2 rings (SSSR count). The van der Waals surface area contributed by atoms with Gasteiger partial charge in [0.1, 0.15) is 0 Å². The van der Waals surface area contributed by atoms with E-state index in [1.165, 1.54) is 10.6 Å². The first-order chi connectivity index (χ1) is 6.68. The van der Waals surface area contributed by atoms with Gasteiger partial charge in [-0.25, -0.2) is 4.79 Å². The van der Waals surface area contributed by atoms with Crippen molar-refractivity contribution in [2.75, 3.05) is 6.54 Å². The highest BCUT2D eigenvalue weighted by molar-refractivity contribution is 5.08. The molecule has 0 saturated carbocycles. The maximum absolute atomic E-state index is 11.3. The van der Waals surface area contributed by atoms with Crippen LogP contribution in [-0.4, -0.2) is 16.1 Å². The number of hydrogen-bond donors (Lipinski definition) is 2. The van der Waals surface area contributed by atoms with Crippen LogP contribution in [0.25, 0.3) is 0 Å². The van der Waals surface area contributed by atoms with Crippen molar-refractivity contribution in [1.29, 1.82) is 0 Å². The highest BCUT2D eigenvalue weighted by Gasteiger charge is 2.19. The Bertz CT molecular complexity index is 440. The molecule has 76 valence electrons. The minimum Gasteiger partial charge on any atom is -0.309 e. The third-order valence-electron chi connectivity index (χ3n) is 2.62. The predicted molar refractivity (Wildman–Crippen MR) is 52.3 cm³/mol. The largest absolute Gasteiger partial charge is 0.328 e. The van der Waals surface area contributed by atoms with Crippen molar-refractivity contribution >= 4 is 0 Å². The van der Waals surface area contributed by atoms with Crippen molar-refractivity contribution in [1.82, 2.24) is 14.9 Å². The molecule has 1 aromatic rings. The molecule has 1 saturated heterocycles. The molecule has 5 nitrogen and oxygen atoms in total. The van der Waals surface area contributed by atoms with Crippen LogP contribution in [0.2, 0.25) is 0 Å². The molecule has 1 aliphatic rings. The number of H-pyrrole nitrogens is 1. The van der Waals surface area contributed by atoms with Crippen molar-refractivity contribution in [3.8, 4) is 0 Å². The number of nitrogens with one attached hydrogen (secondary N) is 2. The molecule has 0 amide bonds. The van der Waals surface area contributed by atoms with Gasteiger partial charge in [-0.15, -0.1) is 0 Å². The fourth-order valence-corrected chi connectivity index (χ4v) is 1.85. The van der Waals surface area contributed by atoms with Crippen LogP contribution in [0.1, 0.15) is 24.6 Å². The Labute approximate surface area is 80.8 Å². The van der Waals surface area contributed by atoms with Gasteiger partial charge in [0.05, 0.1) is 0 Å². The summed E-state index contributed by atoms with van der Waals surface area (Å²) in [5.41, 5.74) is 0.106. The van der Waals surface area contributed by atoms with Gasteiger partial charge >= 0.3 is 5.69 Å². The van der Waals surface area contributed by atoms with Gasteiger partial charge in [-0.05, 0) is 19.4 Å². The summed E-state index contributed by atoms with van der Waals surface area (Å²) in [4.78, 5) is 24.6. The number of aromatic amines is 1. The van der Waals surface area contributed by atoms with Gasteiger partial charge in [-0.1, -0.05) is 0 Å². The lowest BCUT2D eigenvalue weighted by atomic mass is 10.1. The summed E-state index contributed by atoms with van der Waals surface area (Å²) in [5, 5.41) is 3.26. The molecule has 2 heterocycles. The van der Waals surface area contributed by atoms with Crippen LogP contribution in [0.3, 0.4) is 0 Å². The van der Waals surface area contributed by atoms with E-state index in [4.69, 9.17) is 0 Å². The first-order valence-electron chi connectivity index (χ1n) is 4.72. The van der Waals surface area contributed by atoms with Gasteiger partial charge in [0.15, 0.2) is 0 Å². The normalized spacial score (nSPS) is 21.4. The fraction of sp³-hybridized carbons (Fsp3) is 0.556. The molecule has 1 aliphatic heterocycles. The van der Waals surface area contributed by atoms with E-state index in [9.17, 15) is 9.59 Å². The van der Waals surface area contributed by atoms with E-state index in [2.05, 4.69) is 10.3 Å². The van der Waals surface area contributed by atoms with Crippen LogP contribution < -0.4 is 16.6 Å². The molecule has 0 bridgehead atoms. The summed E-state index contributed by atoms with van der Waals surface area (Å²) < 4.78 is 1.49. The summed E-state index contributed by atoms with van der Waals surface area (Å²) in [6.45, 7) is 0.950. The maximum Gasteiger partial charge on any atom is 0.328 e. The molecule has 2 N–H and O–H groups in total. The number of rotatable bonds is 1. The Kier molecular flexibility index (Phi) is 2.25. The van der Waals surface area contributed by atoms with E-state index in [0.29, 0.717) is 0 Å². The van der Waals surface area contributed by atoms with Gasteiger partial charge in [-0.2, -0.15) is 0 Å². The Balaban J connectivity index is 2.51. The average Bonchev–Trinajstić information content (AvgIpc) is 2.63. The summed E-state index contributed by atoms with van der Waals surface area (Å²) in [7, 11) is 1.67. The quantitative estimate of drug-likeness (QED) is 0.634. The molecule has 0 aliphatic carbocycles. The molecular weight excluding hydrogens is 182 g/mol. The number of nitrogens with zero attached hydrogens (tertiary/aromatic N) is 1. The van der Waals surface area contributed by atoms with Gasteiger partial charge in [0.25, 0.3) is 5.56 Å². The van der Waals surface area contributed by atoms with Crippen LogP contribution in [0.5, 0.6) is 0 Å². The highest BCUT2D eigenvalue weighted by Crippen LogP contribution is 2.19. The van der Waals surface area contributed by atoms with Gasteiger partial charge in [-0.3, -0.25) is 14.3 Å². The second-order valence-corrected chi connectivity index (χ2v) is 3.57. The molecule has 14 heavy (non-hydrogen) atoms. The lowest BCUT2D eigenvalue weighted by Gasteiger charge is -2.13. The zero-order valence-electron chi connectivity index (χ0n) is 8.04. The standard InChI is InChI=1S/C9H13N3O2/c1-12-7(6-3-2-4-10-6)5-8(13)11-9(12)14/h5-6,10H,2-4H2,1H3,(H,11,13,14). The van der Waals surface area contributed by atoms with E-state index >= 15 is 0 Å². The minimum absolute atomic E-state index is 0.148. The number of aromatic nitrogens is 2. The monoisotopic (exact) mass is 195 g/mol. The van der Waals surface area contributed by atoms with Crippen molar-refractivity contribution < 1.29 is 0 Å². The minimum atomic E-state index is -0.346. The summed E-state index contributed by atoms with van der Waals surface area (Å²) in [6, 6.07) is 1.64. The summed E-state index contributed by atoms with van der Waals surface area (Å²) in [5.74, 6) is 0. The molecule has 1 unspecified atom stereocenters. The lowest BCUT2D eigenvalue weighted by Crippen LogP contribution is -2.33. The van der Waals surface area contributed by atoms with Crippen molar-refractivity contribution in [3.05, 3.63) is 32.6 Å². The zero-order chi connectivity index (χ0) is 10.1. The fourth-order valence-electron chi connectivity index (χ4n) is 1.85. The highest BCUT2D eigenvalue weighted by atomic mass is 16.2. The molecule has 5 heteroatoms. The Morgan fingerprint density at radius 2 is 2.29 bits per heavy atom. The second-order valence-electron chi connectivity index (χ2n) is 3.57. The maximum atomic E-state index is 11.3. The van der Waals surface area contributed by atoms with E-state index in [0.717, 1.165) is 25.1 Å². The van der Waals surface area contributed by atoms with Gasteiger partial charge in [0.2, 0.25) is 0 Å². The van der Waals surface area contributed by atoms with Crippen LogP contribution in [-0.2, 0) is 7.05 Å².